The lowest BCUT2D eigenvalue weighted by Crippen LogP contribution is -2.31. The first-order valence-corrected chi connectivity index (χ1v) is 7.89. The molecule has 114 valence electrons. The summed E-state index contributed by atoms with van der Waals surface area (Å²) >= 11 is 1.66. The van der Waals surface area contributed by atoms with Gasteiger partial charge in [0.05, 0.1) is 16.9 Å². The second-order valence-corrected chi connectivity index (χ2v) is 6.30. The molecule has 0 unspecified atom stereocenters. The summed E-state index contributed by atoms with van der Waals surface area (Å²) in [4.78, 5) is 17.4. The Morgan fingerprint density at radius 2 is 2.29 bits per heavy atom. The van der Waals surface area contributed by atoms with E-state index in [0.717, 1.165) is 18.0 Å². The zero-order chi connectivity index (χ0) is 15.2. The molecule has 0 aliphatic rings. The molecular weight excluding hydrogens is 286 g/mol. The highest BCUT2D eigenvalue weighted by atomic mass is 32.1. The highest BCUT2D eigenvalue weighted by Crippen LogP contribution is 2.20. The standard InChI is InChI=1S/C14H21N5OS/c1-4-5-19-9-12(8-17-19)18-14(20)16-6-10(2)13-15-7-11(3)21-13/h7-10H,4-6H2,1-3H3,(H2,16,18,20)/t10-/m0/s1. The zero-order valence-corrected chi connectivity index (χ0v) is 13.4. The largest absolute Gasteiger partial charge is 0.337 e. The molecule has 0 aromatic carbocycles. The molecule has 2 heterocycles. The molecule has 0 saturated heterocycles. The van der Waals surface area contributed by atoms with Crippen molar-refractivity contribution in [2.24, 2.45) is 0 Å². The smallest absolute Gasteiger partial charge is 0.319 e. The third kappa shape index (κ3) is 4.56. The molecule has 1 atom stereocenters. The van der Waals surface area contributed by atoms with E-state index in [-0.39, 0.29) is 11.9 Å². The molecule has 0 aliphatic heterocycles. The Labute approximate surface area is 128 Å². The van der Waals surface area contributed by atoms with E-state index in [1.165, 1.54) is 4.88 Å². The summed E-state index contributed by atoms with van der Waals surface area (Å²) in [7, 11) is 0. The number of hydrogen-bond acceptors (Lipinski definition) is 4. The van der Waals surface area contributed by atoms with Gasteiger partial charge in [-0.15, -0.1) is 11.3 Å². The van der Waals surface area contributed by atoms with Crippen LogP contribution >= 0.6 is 11.3 Å². The normalized spacial score (nSPS) is 12.1. The Kier molecular flexibility index (Phi) is 5.32. The molecular formula is C14H21N5OS. The van der Waals surface area contributed by atoms with Gasteiger partial charge in [-0.1, -0.05) is 13.8 Å². The van der Waals surface area contributed by atoms with Crippen molar-refractivity contribution in [3.63, 3.8) is 0 Å². The van der Waals surface area contributed by atoms with Gasteiger partial charge in [-0.2, -0.15) is 5.10 Å². The van der Waals surface area contributed by atoms with Gasteiger partial charge < -0.3 is 10.6 Å². The van der Waals surface area contributed by atoms with Crippen LogP contribution in [0.3, 0.4) is 0 Å². The molecule has 0 radical (unpaired) electrons. The second kappa shape index (κ2) is 7.21. The predicted molar refractivity (Wildman–Crippen MR) is 84.8 cm³/mol. The Morgan fingerprint density at radius 1 is 1.48 bits per heavy atom. The van der Waals surface area contributed by atoms with Crippen LogP contribution < -0.4 is 10.6 Å². The van der Waals surface area contributed by atoms with Crippen LogP contribution in [0.2, 0.25) is 0 Å². The van der Waals surface area contributed by atoms with Crippen LogP contribution in [0.5, 0.6) is 0 Å². The third-order valence-electron chi connectivity index (χ3n) is 2.97. The number of carbonyl (C=O) groups is 1. The van der Waals surface area contributed by atoms with Crippen LogP contribution in [0.1, 0.15) is 36.1 Å². The predicted octanol–water partition coefficient (Wildman–Crippen LogP) is 2.98. The van der Waals surface area contributed by atoms with Crippen molar-refractivity contribution in [2.75, 3.05) is 11.9 Å². The molecule has 0 fully saturated rings. The topological polar surface area (TPSA) is 71.8 Å². The van der Waals surface area contributed by atoms with Gasteiger partial charge in [-0.3, -0.25) is 4.68 Å². The molecule has 2 amide bonds. The molecule has 0 saturated carbocycles. The van der Waals surface area contributed by atoms with Crippen LogP contribution in [-0.4, -0.2) is 27.3 Å². The van der Waals surface area contributed by atoms with Crippen molar-refractivity contribution in [1.82, 2.24) is 20.1 Å². The third-order valence-corrected chi connectivity index (χ3v) is 4.12. The van der Waals surface area contributed by atoms with E-state index >= 15 is 0 Å². The molecule has 21 heavy (non-hydrogen) atoms. The van der Waals surface area contributed by atoms with E-state index in [1.807, 2.05) is 24.0 Å². The number of amides is 2. The highest BCUT2D eigenvalue weighted by Gasteiger charge is 2.11. The van der Waals surface area contributed by atoms with Gasteiger partial charge >= 0.3 is 6.03 Å². The molecule has 2 aromatic heterocycles. The van der Waals surface area contributed by atoms with Crippen molar-refractivity contribution in [3.05, 3.63) is 28.5 Å². The minimum Gasteiger partial charge on any atom is -0.337 e. The Morgan fingerprint density at radius 3 is 2.95 bits per heavy atom. The first-order chi connectivity index (χ1) is 10.1. The molecule has 7 heteroatoms. The Hall–Kier alpha value is -1.89. The van der Waals surface area contributed by atoms with Crippen molar-refractivity contribution < 1.29 is 4.79 Å². The number of aryl methyl sites for hydroxylation is 2. The second-order valence-electron chi connectivity index (χ2n) is 5.04. The fourth-order valence-corrected chi connectivity index (χ4v) is 2.71. The monoisotopic (exact) mass is 307 g/mol. The summed E-state index contributed by atoms with van der Waals surface area (Å²) in [6, 6.07) is -0.217. The Bertz CT molecular complexity index is 592. The van der Waals surface area contributed by atoms with E-state index in [1.54, 1.807) is 17.5 Å². The number of aromatic nitrogens is 3. The van der Waals surface area contributed by atoms with Gasteiger partial charge in [0.2, 0.25) is 0 Å². The number of carbonyl (C=O) groups excluding carboxylic acids is 1. The first kappa shape index (κ1) is 15.5. The number of nitrogens with zero attached hydrogens (tertiary/aromatic N) is 3. The maximum absolute atomic E-state index is 11.8. The molecule has 0 bridgehead atoms. The van der Waals surface area contributed by atoms with Crippen LogP contribution in [0.25, 0.3) is 0 Å². The first-order valence-electron chi connectivity index (χ1n) is 7.08. The number of anilines is 1. The average molecular weight is 307 g/mol. The number of urea groups is 1. The number of thiazole rings is 1. The van der Waals surface area contributed by atoms with Crippen molar-refractivity contribution >= 4 is 23.1 Å². The zero-order valence-electron chi connectivity index (χ0n) is 12.6. The summed E-state index contributed by atoms with van der Waals surface area (Å²) in [5, 5.41) is 10.9. The van der Waals surface area contributed by atoms with Gasteiger partial charge in [0, 0.05) is 36.3 Å². The van der Waals surface area contributed by atoms with Crippen LogP contribution in [0.4, 0.5) is 10.5 Å². The van der Waals surface area contributed by atoms with Crippen molar-refractivity contribution in [2.45, 2.75) is 39.7 Å². The maximum Gasteiger partial charge on any atom is 0.319 e. The van der Waals surface area contributed by atoms with Crippen molar-refractivity contribution in [3.8, 4) is 0 Å². The number of rotatable bonds is 6. The van der Waals surface area contributed by atoms with Gasteiger partial charge in [-0.05, 0) is 13.3 Å². The lowest BCUT2D eigenvalue weighted by Gasteiger charge is -2.10. The molecule has 2 N–H and O–H groups in total. The minimum atomic E-state index is -0.217. The summed E-state index contributed by atoms with van der Waals surface area (Å²) in [5.41, 5.74) is 0.707. The quantitative estimate of drug-likeness (QED) is 0.861. The Balaban J connectivity index is 1.78. The fourth-order valence-electron chi connectivity index (χ4n) is 1.89. The molecule has 2 rings (SSSR count). The van der Waals surface area contributed by atoms with Gasteiger partial charge in [0.25, 0.3) is 0 Å². The van der Waals surface area contributed by atoms with Gasteiger partial charge in [-0.25, -0.2) is 9.78 Å². The maximum atomic E-state index is 11.8. The molecule has 0 aliphatic carbocycles. The van der Waals surface area contributed by atoms with E-state index in [0.29, 0.717) is 12.2 Å². The fraction of sp³-hybridized carbons (Fsp3) is 0.500. The molecule has 2 aromatic rings. The minimum absolute atomic E-state index is 0.206. The molecule has 0 spiro atoms. The van der Waals surface area contributed by atoms with Crippen LogP contribution in [-0.2, 0) is 6.54 Å². The van der Waals surface area contributed by atoms with Gasteiger partial charge in [0.1, 0.15) is 0 Å². The van der Waals surface area contributed by atoms with E-state index < -0.39 is 0 Å². The summed E-state index contributed by atoms with van der Waals surface area (Å²) in [6.07, 6.45) is 6.36. The lowest BCUT2D eigenvalue weighted by atomic mass is 10.2. The van der Waals surface area contributed by atoms with Gasteiger partial charge in [0.15, 0.2) is 0 Å². The van der Waals surface area contributed by atoms with Crippen LogP contribution in [0.15, 0.2) is 18.6 Å². The van der Waals surface area contributed by atoms with E-state index in [9.17, 15) is 4.79 Å². The lowest BCUT2D eigenvalue weighted by molar-refractivity contribution is 0.251. The van der Waals surface area contributed by atoms with E-state index in [4.69, 9.17) is 0 Å². The summed E-state index contributed by atoms with van der Waals surface area (Å²) in [5.74, 6) is 0.206. The van der Waals surface area contributed by atoms with Crippen molar-refractivity contribution in [1.29, 1.82) is 0 Å². The number of hydrogen-bond donors (Lipinski definition) is 2. The average Bonchev–Trinajstić information content (AvgIpc) is 3.06. The van der Waals surface area contributed by atoms with Crippen LogP contribution in [0, 0.1) is 6.92 Å². The highest BCUT2D eigenvalue weighted by molar-refractivity contribution is 7.11. The SMILES string of the molecule is CCCn1cc(NC(=O)NC[C@H](C)c2ncc(C)s2)cn1. The summed E-state index contributed by atoms with van der Waals surface area (Å²) < 4.78 is 1.82. The summed E-state index contributed by atoms with van der Waals surface area (Å²) in [6.45, 7) is 7.58. The molecule has 6 nitrogen and oxygen atoms in total. The number of nitrogens with one attached hydrogen (secondary N) is 2. The van der Waals surface area contributed by atoms with E-state index in [2.05, 4.69) is 34.6 Å².